The third kappa shape index (κ3) is 4.17. The minimum absolute atomic E-state index is 0.168. The van der Waals surface area contributed by atoms with E-state index in [2.05, 4.69) is 12.2 Å². The van der Waals surface area contributed by atoms with Crippen LogP contribution in [0.4, 0.5) is 5.69 Å². The highest BCUT2D eigenvalue weighted by molar-refractivity contribution is 6.16. The van der Waals surface area contributed by atoms with Gasteiger partial charge in [-0.05, 0) is 47.2 Å². The Morgan fingerprint density at radius 2 is 1.49 bits per heavy atom. The Balaban J connectivity index is 1.44. The molecule has 3 aliphatic heterocycles. The standard InChI is InChI=1S/C38H34N2O3/c1-2-3-5-12-25-19-21-28(22-20-25)34(41)32-33(35(42)27-14-6-4-7-15-27)40-24-23-26-13-8-9-16-29(26)36(40)38(32)30-17-10-11-18-31(30)39-37(38)43/h4,6-11,13-24,32-33,36H,2-3,5,12H2,1H3,(H,39,43)/t32-,33+,36+,38+/m0/s1. The van der Waals surface area contributed by atoms with Crippen LogP contribution in [0.2, 0.25) is 0 Å². The molecule has 0 radical (unpaired) electrons. The third-order valence-corrected chi connectivity index (χ3v) is 9.49. The quantitative estimate of drug-likeness (QED) is 0.178. The maximum Gasteiger partial charge on any atom is 0.238 e. The Morgan fingerprint density at radius 3 is 2.28 bits per heavy atom. The van der Waals surface area contributed by atoms with Gasteiger partial charge in [0.15, 0.2) is 11.6 Å². The van der Waals surface area contributed by atoms with Crippen molar-refractivity contribution in [2.75, 3.05) is 5.32 Å². The van der Waals surface area contributed by atoms with E-state index in [4.69, 9.17) is 0 Å². The van der Waals surface area contributed by atoms with Gasteiger partial charge in [-0.1, -0.05) is 117 Å². The van der Waals surface area contributed by atoms with E-state index >= 15 is 0 Å². The molecule has 5 heteroatoms. The summed E-state index contributed by atoms with van der Waals surface area (Å²) in [4.78, 5) is 46.0. The van der Waals surface area contributed by atoms with Gasteiger partial charge in [0.1, 0.15) is 11.5 Å². The number of carbonyl (C=O) groups is 3. The van der Waals surface area contributed by atoms with Crippen LogP contribution in [0.15, 0.2) is 109 Å². The van der Waals surface area contributed by atoms with E-state index in [-0.39, 0.29) is 17.5 Å². The van der Waals surface area contributed by atoms with E-state index in [1.54, 1.807) is 12.1 Å². The van der Waals surface area contributed by atoms with Gasteiger partial charge in [-0.3, -0.25) is 14.4 Å². The first-order chi connectivity index (χ1) is 21.1. The molecule has 4 aromatic carbocycles. The maximum atomic E-state index is 15.0. The van der Waals surface area contributed by atoms with Gasteiger partial charge in [0.25, 0.3) is 0 Å². The lowest BCUT2D eigenvalue weighted by molar-refractivity contribution is -0.122. The fourth-order valence-electron chi connectivity index (χ4n) is 7.54. The van der Waals surface area contributed by atoms with Gasteiger partial charge in [-0.2, -0.15) is 0 Å². The van der Waals surface area contributed by atoms with Gasteiger partial charge in [-0.25, -0.2) is 0 Å². The maximum absolute atomic E-state index is 15.0. The number of para-hydroxylation sites is 1. The first kappa shape index (κ1) is 27.1. The molecule has 1 spiro atoms. The Labute approximate surface area is 252 Å². The summed E-state index contributed by atoms with van der Waals surface area (Å²) in [6, 6.07) is 31.1. The van der Waals surface area contributed by atoms with Gasteiger partial charge in [0.05, 0.1) is 12.0 Å². The summed E-state index contributed by atoms with van der Waals surface area (Å²) in [6.45, 7) is 2.19. The number of amides is 1. The lowest BCUT2D eigenvalue weighted by Gasteiger charge is -2.38. The number of fused-ring (bicyclic) bond motifs is 6. The summed E-state index contributed by atoms with van der Waals surface area (Å²) in [5, 5.41) is 3.11. The number of rotatable bonds is 8. The predicted molar refractivity (Wildman–Crippen MR) is 169 cm³/mol. The van der Waals surface area contributed by atoms with Gasteiger partial charge < -0.3 is 10.2 Å². The summed E-state index contributed by atoms with van der Waals surface area (Å²) < 4.78 is 0. The molecule has 0 aromatic heterocycles. The van der Waals surface area contributed by atoms with E-state index in [1.165, 1.54) is 5.56 Å². The Hall–Kier alpha value is -4.77. The molecule has 214 valence electrons. The molecule has 1 N–H and O–H groups in total. The highest BCUT2D eigenvalue weighted by Crippen LogP contribution is 2.62. The van der Waals surface area contributed by atoms with E-state index in [0.717, 1.165) is 42.4 Å². The van der Waals surface area contributed by atoms with Crippen molar-refractivity contribution < 1.29 is 14.4 Å². The number of unbranched alkanes of at least 4 members (excludes halogenated alkanes) is 2. The predicted octanol–water partition coefficient (Wildman–Crippen LogP) is 7.40. The van der Waals surface area contributed by atoms with Crippen LogP contribution in [-0.4, -0.2) is 28.4 Å². The fourth-order valence-corrected chi connectivity index (χ4v) is 7.54. The number of carbonyl (C=O) groups excluding carboxylic acids is 3. The van der Waals surface area contributed by atoms with Crippen LogP contribution in [0, 0.1) is 5.92 Å². The monoisotopic (exact) mass is 566 g/mol. The van der Waals surface area contributed by atoms with E-state index in [9.17, 15) is 14.4 Å². The lowest BCUT2D eigenvalue weighted by Crippen LogP contribution is -2.49. The molecule has 7 rings (SSSR count). The number of nitrogens with zero attached hydrogens (tertiary/aromatic N) is 1. The van der Waals surface area contributed by atoms with Crippen LogP contribution < -0.4 is 5.32 Å². The second-order valence-corrected chi connectivity index (χ2v) is 11.8. The zero-order valence-corrected chi connectivity index (χ0v) is 24.2. The number of hydrogen-bond donors (Lipinski definition) is 1. The van der Waals surface area contributed by atoms with Crippen LogP contribution in [0.25, 0.3) is 6.08 Å². The van der Waals surface area contributed by atoms with Crippen LogP contribution in [0.5, 0.6) is 0 Å². The Bertz CT molecular complexity index is 1740. The normalized spacial score (nSPS) is 23.0. The van der Waals surface area contributed by atoms with E-state index in [0.29, 0.717) is 16.8 Å². The second-order valence-electron chi connectivity index (χ2n) is 11.8. The third-order valence-electron chi connectivity index (χ3n) is 9.49. The summed E-state index contributed by atoms with van der Waals surface area (Å²) in [5.41, 5.74) is 4.27. The first-order valence-corrected chi connectivity index (χ1v) is 15.2. The van der Waals surface area contributed by atoms with Crippen molar-refractivity contribution in [1.29, 1.82) is 0 Å². The van der Waals surface area contributed by atoms with Crippen LogP contribution >= 0.6 is 0 Å². The molecule has 5 nitrogen and oxygen atoms in total. The number of anilines is 1. The Morgan fingerprint density at radius 1 is 0.791 bits per heavy atom. The average Bonchev–Trinajstić information content (AvgIpc) is 3.53. The van der Waals surface area contributed by atoms with Crippen LogP contribution in [0.1, 0.15) is 75.2 Å². The molecule has 4 aromatic rings. The molecule has 4 atom stereocenters. The van der Waals surface area contributed by atoms with Gasteiger partial charge >= 0.3 is 0 Å². The fraction of sp³-hybridized carbons (Fsp3) is 0.237. The van der Waals surface area contributed by atoms with Crippen molar-refractivity contribution in [2.45, 2.75) is 50.1 Å². The van der Waals surface area contributed by atoms with Crippen molar-refractivity contribution in [1.82, 2.24) is 4.90 Å². The van der Waals surface area contributed by atoms with Gasteiger partial charge in [-0.15, -0.1) is 0 Å². The van der Waals surface area contributed by atoms with Crippen molar-refractivity contribution in [3.63, 3.8) is 0 Å². The first-order valence-electron chi connectivity index (χ1n) is 15.2. The van der Waals surface area contributed by atoms with E-state index in [1.807, 2.05) is 108 Å². The summed E-state index contributed by atoms with van der Waals surface area (Å²) >= 11 is 0. The smallest absolute Gasteiger partial charge is 0.238 e. The SMILES string of the molecule is CCCCCc1ccc(C(=O)[C@@H]2[C@H](C(=O)c3ccccc3)N3C=Cc4ccccc4[C@@H]3[C@]23C(=O)Nc2ccccc23)cc1. The molecule has 0 unspecified atom stereocenters. The Kier molecular flexibility index (Phi) is 6.81. The highest BCUT2D eigenvalue weighted by Gasteiger charge is 2.70. The molecule has 1 fully saturated rings. The van der Waals surface area contributed by atoms with Gasteiger partial charge in [0, 0.05) is 23.0 Å². The number of nitrogens with one attached hydrogen (secondary N) is 1. The molecule has 3 heterocycles. The number of aryl methyl sites for hydroxylation is 1. The van der Waals surface area contributed by atoms with Crippen LogP contribution in [-0.2, 0) is 16.6 Å². The summed E-state index contributed by atoms with van der Waals surface area (Å²) in [6.07, 6.45) is 8.27. The van der Waals surface area contributed by atoms with Crippen LogP contribution in [0.3, 0.4) is 0 Å². The topological polar surface area (TPSA) is 66.5 Å². The molecule has 0 saturated carbocycles. The van der Waals surface area contributed by atoms with Gasteiger partial charge in [0.2, 0.25) is 5.91 Å². The highest BCUT2D eigenvalue weighted by atomic mass is 16.2. The molecule has 1 saturated heterocycles. The minimum Gasteiger partial charge on any atom is -0.358 e. The minimum atomic E-state index is -1.32. The second kappa shape index (κ2) is 10.8. The molecular formula is C38H34N2O3. The lowest BCUT2D eigenvalue weighted by atomic mass is 9.62. The molecular weight excluding hydrogens is 532 g/mol. The molecule has 3 aliphatic rings. The number of Topliss-reactive ketones (excluding diaryl/α,β-unsaturated/α-hetero) is 2. The molecule has 0 bridgehead atoms. The largest absolute Gasteiger partial charge is 0.358 e. The number of hydrogen-bond acceptors (Lipinski definition) is 4. The van der Waals surface area contributed by atoms with Crippen molar-refractivity contribution in [3.05, 3.63) is 143 Å². The number of ketones is 2. The molecule has 0 aliphatic carbocycles. The molecule has 43 heavy (non-hydrogen) atoms. The zero-order chi connectivity index (χ0) is 29.6. The zero-order valence-electron chi connectivity index (χ0n) is 24.2. The van der Waals surface area contributed by atoms with Crippen molar-refractivity contribution in [2.24, 2.45) is 5.92 Å². The summed E-state index contributed by atoms with van der Waals surface area (Å²) in [7, 11) is 0. The van der Waals surface area contributed by atoms with E-state index < -0.39 is 23.4 Å². The number of benzene rings is 4. The summed E-state index contributed by atoms with van der Waals surface area (Å²) in [5.74, 6) is -1.57. The molecule has 1 amide bonds. The average molecular weight is 567 g/mol. The van der Waals surface area contributed by atoms with Crippen molar-refractivity contribution in [3.8, 4) is 0 Å². The van der Waals surface area contributed by atoms with Crippen molar-refractivity contribution >= 4 is 29.2 Å².